The summed E-state index contributed by atoms with van der Waals surface area (Å²) in [6.45, 7) is 5.20. The lowest BCUT2D eigenvalue weighted by atomic mass is 10.1. The average Bonchev–Trinajstić information content (AvgIpc) is 1.82. The topological polar surface area (TPSA) is 12.4 Å². The molecule has 0 bridgehead atoms. The summed E-state index contributed by atoms with van der Waals surface area (Å²) in [5.74, 6) is -3.10. The van der Waals surface area contributed by atoms with Gasteiger partial charge in [0.15, 0.2) is 4.29 Å². The van der Waals surface area contributed by atoms with E-state index in [2.05, 4.69) is 20.9 Å². The van der Waals surface area contributed by atoms with Gasteiger partial charge in [0, 0.05) is 0 Å². The third-order valence-electron chi connectivity index (χ3n) is 0.915. The molecule has 72 valence electrons. The smallest absolute Gasteiger partial charge is 0.285 e. The quantitative estimate of drug-likeness (QED) is 0.534. The molecule has 1 nitrogen and oxygen atoms in total. The summed E-state index contributed by atoms with van der Waals surface area (Å²) in [5, 5.41) is 0. The van der Waals surface area contributed by atoms with Crippen LogP contribution in [0.25, 0.3) is 0 Å². The molecule has 0 aliphatic rings. The molecule has 5 heteroatoms. The second-order valence-electron chi connectivity index (χ2n) is 3.40. The lowest BCUT2D eigenvalue weighted by Crippen LogP contribution is -2.28. The number of rotatable bonds is 2. The van der Waals surface area contributed by atoms with Crippen LogP contribution in [0.5, 0.6) is 0 Å². The van der Waals surface area contributed by atoms with Gasteiger partial charge in [0.1, 0.15) is 0 Å². The minimum Gasteiger partial charge on any atom is -0.285 e. The van der Waals surface area contributed by atoms with Crippen LogP contribution >= 0.6 is 27.5 Å². The summed E-state index contributed by atoms with van der Waals surface area (Å²) in [4.78, 5) is 3.66. The molecule has 1 atom stereocenters. The lowest BCUT2D eigenvalue weighted by Gasteiger charge is -2.16. The highest BCUT2D eigenvalue weighted by Crippen LogP contribution is 2.26. The highest BCUT2D eigenvalue weighted by molar-refractivity contribution is 9.10. The van der Waals surface area contributed by atoms with Crippen molar-refractivity contribution in [3.05, 3.63) is 0 Å². The Morgan fingerprint density at radius 1 is 1.42 bits per heavy atom. The van der Waals surface area contributed by atoms with Gasteiger partial charge >= 0.3 is 5.92 Å². The molecule has 0 heterocycles. The maximum atomic E-state index is 12.7. The zero-order valence-corrected chi connectivity index (χ0v) is 9.46. The normalized spacial score (nSPS) is 16.9. The van der Waals surface area contributed by atoms with E-state index in [0.29, 0.717) is 6.21 Å². The van der Waals surface area contributed by atoms with Gasteiger partial charge in [-0.15, -0.1) is 11.6 Å². The predicted molar refractivity (Wildman–Crippen MR) is 51.8 cm³/mol. The molecule has 0 aromatic carbocycles. The molecule has 0 N–H and O–H groups in total. The summed E-state index contributed by atoms with van der Waals surface area (Å²) in [5.41, 5.74) is -0.498. The van der Waals surface area contributed by atoms with E-state index in [4.69, 9.17) is 11.6 Å². The summed E-state index contributed by atoms with van der Waals surface area (Å²) in [7, 11) is 0. The van der Waals surface area contributed by atoms with Crippen LogP contribution in [0.3, 0.4) is 0 Å². The number of hydrogen-bond acceptors (Lipinski definition) is 1. The Balaban J connectivity index is 4.34. The van der Waals surface area contributed by atoms with Gasteiger partial charge in [-0.1, -0.05) is 15.9 Å². The average molecular weight is 263 g/mol. The van der Waals surface area contributed by atoms with Crippen LogP contribution in [0.15, 0.2) is 4.99 Å². The third kappa shape index (κ3) is 5.04. The van der Waals surface area contributed by atoms with Crippen molar-refractivity contribution >= 4 is 33.7 Å². The first-order chi connectivity index (χ1) is 5.15. The Bertz CT molecular complexity index is 175. The van der Waals surface area contributed by atoms with Gasteiger partial charge in [0.05, 0.1) is 11.8 Å². The highest BCUT2D eigenvalue weighted by atomic mass is 79.9. The number of halogens is 4. The minimum atomic E-state index is -3.10. The molecule has 0 saturated carbocycles. The fraction of sp³-hybridized carbons (Fsp3) is 0.857. The van der Waals surface area contributed by atoms with Gasteiger partial charge in [-0.3, -0.25) is 4.99 Å². The van der Waals surface area contributed by atoms with E-state index < -0.39 is 15.7 Å². The summed E-state index contributed by atoms with van der Waals surface area (Å²) < 4.78 is 24.1. The molecule has 0 spiro atoms. The van der Waals surface area contributed by atoms with Gasteiger partial charge in [0.25, 0.3) is 0 Å². The minimum absolute atomic E-state index is 0.498. The maximum Gasteiger partial charge on any atom is 0.308 e. The van der Waals surface area contributed by atoms with Crippen molar-refractivity contribution in [3.8, 4) is 0 Å². The molecule has 0 aromatic rings. The summed E-state index contributed by atoms with van der Waals surface area (Å²) >= 11 is 7.76. The monoisotopic (exact) mass is 261 g/mol. The molecule has 0 radical (unpaired) electrons. The van der Waals surface area contributed by atoms with Gasteiger partial charge in [-0.2, -0.15) is 8.78 Å². The van der Waals surface area contributed by atoms with Crippen LogP contribution in [-0.2, 0) is 0 Å². The fourth-order valence-electron chi connectivity index (χ4n) is 0.336. The Morgan fingerprint density at radius 2 is 1.83 bits per heavy atom. The molecule has 0 rings (SSSR count). The van der Waals surface area contributed by atoms with Crippen LogP contribution in [0, 0.1) is 0 Å². The molecular weight excluding hydrogens is 251 g/mol. The van der Waals surface area contributed by atoms with Crippen LogP contribution in [-0.4, -0.2) is 22.0 Å². The Labute approximate surface area is 84.3 Å². The van der Waals surface area contributed by atoms with Gasteiger partial charge in [-0.05, 0) is 20.8 Å². The SMILES string of the molecule is CC(C)(C)N=CC(F)(F)C(Cl)Br. The van der Waals surface area contributed by atoms with E-state index in [1.54, 1.807) is 20.8 Å². The maximum absolute atomic E-state index is 12.7. The lowest BCUT2D eigenvalue weighted by molar-refractivity contribution is 0.102. The molecule has 0 aliphatic carbocycles. The standard InChI is InChI=1S/C7H11BrClF2N/c1-6(2,3)12-4-7(10,11)5(8)9/h4-5H,1-3H3. The zero-order chi connectivity index (χ0) is 9.99. The van der Waals surface area contributed by atoms with Crippen LogP contribution < -0.4 is 0 Å². The van der Waals surface area contributed by atoms with E-state index in [-0.39, 0.29) is 0 Å². The second-order valence-corrected chi connectivity index (χ2v) is 5.28. The second kappa shape index (κ2) is 4.01. The Hall–Kier alpha value is 0.300. The van der Waals surface area contributed by atoms with Crippen molar-refractivity contribution in [3.63, 3.8) is 0 Å². The first-order valence-electron chi connectivity index (χ1n) is 3.37. The molecule has 0 fully saturated rings. The summed E-state index contributed by atoms with van der Waals surface area (Å²) in [6.07, 6.45) is 0.583. The summed E-state index contributed by atoms with van der Waals surface area (Å²) in [6, 6.07) is 0. The number of aliphatic imine (C=N–C) groups is 1. The molecule has 0 amide bonds. The predicted octanol–water partition coefficient (Wildman–Crippen LogP) is 3.45. The van der Waals surface area contributed by atoms with Gasteiger partial charge < -0.3 is 0 Å². The van der Waals surface area contributed by atoms with Crippen molar-refractivity contribution < 1.29 is 8.78 Å². The van der Waals surface area contributed by atoms with Gasteiger partial charge in [0.2, 0.25) is 0 Å². The molecule has 1 unspecified atom stereocenters. The fourth-order valence-corrected chi connectivity index (χ4v) is 0.511. The highest BCUT2D eigenvalue weighted by Gasteiger charge is 2.35. The van der Waals surface area contributed by atoms with E-state index >= 15 is 0 Å². The van der Waals surface area contributed by atoms with E-state index in [1.165, 1.54) is 0 Å². The van der Waals surface area contributed by atoms with Crippen molar-refractivity contribution in [1.29, 1.82) is 0 Å². The van der Waals surface area contributed by atoms with Crippen LogP contribution in [0.1, 0.15) is 20.8 Å². The zero-order valence-electron chi connectivity index (χ0n) is 7.11. The van der Waals surface area contributed by atoms with E-state index in [9.17, 15) is 8.78 Å². The van der Waals surface area contributed by atoms with Crippen LogP contribution in [0.2, 0.25) is 0 Å². The third-order valence-corrected chi connectivity index (χ3v) is 1.82. The van der Waals surface area contributed by atoms with E-state index in [0.717, 1.165) is 0 Å². The van der Waals surface area contributed by atoms with Crippen molar-refractivity contribution in [2.24, 2.45) is 4.99 Å². The molecular formula is C7H11BrClF2N. The van der Waals surface area contributed by atoms with Crippen molar-refractivity contribution in [1.82, 2.24) is 0 Å². The number of nitrogens with zero attached hydrogens (tertiary/aromatic N) is 1. The first-order valence-corrected chi connectivity index (χ1v) is 4.73. The first kappa shape index (κ1) is 12.3. The molecule has 12 heavy (non-hydrogen) atoms. The van der Waals surface area contributed by atoms with Crippen molar-refractivity contribution in [2.75, 3.05) is 0 Å². The Kier molecular flexibility index (Phi) is 4.11. The Morgan fingerprint density at radius 3 is 2.08 bits per heavy atom. The van der Waals surface area contributed by atoms with E-state index in [1.807, 2.05) is 0 Å². The van der Waals surface area contributed by atoms with Gasteiger partial charge in [-0.25, -0.2) is 0 Å². The van der Waals surface area contributed by atoms with Crippen molar-refractivity contribution in [2.45, 2.75) is 36.5 Å². The molecule has 0 saturated heterocycles. The molecule has 0 aromatic heterocycles. The number of hydrogen-bond donors (Lipinski definition) is 0. The largest absolute Gasteiger partial charge is 0.308 e. The molecule has 0 aliphatic heterocycles. The number of alkyl halides is 4. The van der Waals surface area contributed by atoms with Crippen LogP contribution in [0.4, 0.5) is 8.78 Å².